The predicted octanol–water partition coefficient (Wildman–Crippen LogP) is 1.69. The van der Waals surface area contributed by atoms with Crippen LogP contribution in [0.5, 0.6) is 0 Å². The zero-order valence-electron chi connectivity index (χ0n) is 14.8. The summed E-state index contributed by atoms with van der Waals surface area (Å²) in [4.78, 5) is 14.8. The number of hydrogen-bond acceptors (Lipinski definition) is 5. The van der Waals surface area contributed by atoms with Gasteiger partial charge in [0, 0.05) is 31.1 Å². The van der Waals surface area contributed by atoms with Gasteiger partial charge in [0.25, 0.3) is 5.91 Å². The molecule has 0 atom stereocenters. The molecule has 8 heteroatoms. The van der Waals surface area contributed by atoms with Crippen LogP contribution in [0.1, 0.15) is 15.9 Å². The van der Waals surface area contributed by atoms with Gasteiger partial charge < -0.3 is 24.6 Å². The third kappa shape index (κ3) is 3.96. The minimum absolute atomic E-state index is 0.292. The molecule has 2 aromatic rings. The SMILES string of the molecule is O=C(Nc1ccc2c(c1)B(O)OCC2)c1ccc(N2CCOCC2)cc1Cl. The summed E-state index contributed by atoms with van der Waals surface area (Å²) in [7, 11) is -0.956. The minimum Gasteiger partial charge on any atom is -0.423 e. The average molecular weight is 387 g/mol. The van der Waals surface area contributed by atoms with Gasteiger partial charge in [-0.05, 0) is 47.8 Å². The number of ether oxygens (including phenoxy) is 1. The number of rotatable bonds is 3. The van der Waals surface area contributed by atoms with Crippen LogP contribution in [0.2, 0.25) is 5.02 Å². The van der Waals surface area contributed by atoms with Gasteiger partial charge in [0.05, 0.1) is 23.8 Å². The van der Waals surface area contributed by atoms with E-state index in [2.05, 4.69) is 10.2 Å². The van der Waals surface area contributed by atoms with Crippen LogP contribution >= 0.6 is 11.6 Å². The van der Waals surface area contributed by atoms with Crippen molar-refractivity contribution in [1.82, 2.24) is 0 Å². The lowest BCUT2D eigenvalue weighted by Crippen LogP contribution is -2.41. The zero-order chi connectivity index (χ0) is 18.8. The number of benzene rings is 2. The van der Waals surface area contributed by atoms with Gasteiger partial charge in [-0.2, -0.15) is 0 Å². The number of halogens is 1. The summed E-state index contributed by atoms with van der Waals surface area (Å²) >= 11 is 6.37. The van der Waals surface area contributed by atoms with Crippen molar-refractivity contribution in [3.05, 3.63) is 52.5 Å². The fourth-order valence-electron chi connectivity index (χ4n) is 3.41. The molecule has 2 aliphatic heterocycles. The molecule has 0 bridgehead atoms. The number of morpholine rings is 1. The van der Waals surface area contributed by atoms with Crippen LogP contribution in [0, 0.1) is 0 Å². The van der Waals surface area contributed by atoms with Gasteiger partial charge in [0.1, 0.15) is 0 Å². The molecule has 27 heavy (non-hydrogen) atoms. The van der Waals surface area contributed by atoms with Crippen molar-refractivity contribution in [3.63, 3.8) is 0 Å². The van der Waals surface area contributed by atoms with Crippen LogP contribution in [0.25, 0.3) is 0 Å². The second-order valence-corrected chi connectivity index (χ2v) is 7.01. The van der Waals surface area contributed by atoms with Gasteiger partial charge in [-0.25, -0.2) is 0 Å². The van der Waals surface area contributed by atoms with E-state index in [1.165, 1.54) is 0 Å². The fraction of sp³-hybridized carbons (Fsp3) is 0.316. The number of anilines is 2. The Morgan fingerprint density at radius 3 is 2.74 bits per heavy atom. The Morgan fingerprint density at radius 1 is 1.15 bits per heavy atom. The number of fused-ring (bicyclic) bond motifs is 1. The van der Waals surface area contributed by atoms with Crippen molar-refractivity contribution in [3.8, 4) is 0 Å². The molecule has 0 unspecified atom stereocenters. The highest BCUT2D eigenvalue weighted by Gasteiger charge is 2.25. The number of nitrogens with zero attached hydrogens (tertiary/aromatic N) is 1. The molecule has 1 fully saturated rings. The molecule has 0 radical (unpaired) electrons. The first kappa shape index (κ1) is 18.3. The van der Waals surface area contributed by atoms with Crippen LogP contribution in [0.4, 0.5) is 11.4 Å². The van der Waals surface area contributed by atoms with Crippen LogP contribution in [0.15, 0.2) is 36.4 Å². The van der Waals surface area contributed by atoms with Crippen molar-refractivity contribution >= 4 is 41.5 Å². The Labute approximate surface area is 163 Å². The van der Waals surface area contributed by atoms with Gasteiger partial charge in [-0.1, -0.05) is 17.7 Å². The normalized spacial score (nSPS) is 16.8. The fourth-order valence-corrected chi connectivity index (χ4v) is 3.67. The summed E-state index contributed by atoms with van der Waals surface area (Å²) in [6, 6.07) is 10.9. The highest BCUT2D eigenvalue weighted by atomic mass is 35.5. The quantitative estimate of drug-likeness (QED) is 0.786. The van der Waals surface area contributed by atoms with Gasteiger partial charge >= 0.3 is 7.12 Å². The minimum atomic E-state index is -0.956. The summed E-state index contributed by atoms with van der Waals surface area (Å²) in [5.74, 6) is -0.292. The molecular formula is C19H20BClN2O4. The first-order chi connectivity index (χ1) is 13.1. The average Bonchev–Trinajstić information content (AvgIpc) is 2.69. The molecule has 0 aliphatic carbocycles. The van der Waals surface area contributed by atoms with Crippen LogP contribution < -0.4 is 15.7 Å². The number of carbonyl (C=O) groups excluding carboxylic acids is 1. The van der Waals surface area contributed by atoms with E-state index in [1.807, 2.05) is 24.3 Å². The molecule has 1 saturated heterocycles. The molecule has 140 valence electrons. The van der Waals surface area contributed by atoms with E-state index in [0.717, 1.165) is 30.8 Å². The largest absolute Gasteiger partial charge is 0.491 e. The van der Waals surface area contributed by atoms with E-state index in [0.29, 0.717) is 41.6 Å². The Bertz CT molecular complexity index is 858. The molecule has 6 nitrogen and oxygen atoms in total. The van der Waals surface area contributed by atoms with Crippen LogP contribution in [-0.4, -0.2) is 51.0 Å². The van der Waals surface area contributed by atoms with Crippen LogP contribution in [-0.2, 0) is 15.8 Å². The summed E-state index contributed by atoms with van der Waals surface area (Å²) in [5, 5.41) is 13.2. The van der Waals surface area contributed by atoms with E-state index >= 15 is 0 Å². The van der Waals surface area contributed by atoms with Gasteiger partial charge in [-0.3, -0.25) is 4.79 Å². The summed E-state index contributed by atoms with van der Waals surface area (Å²) in [5.41, 5.74) is 3.70. The zero-order valence-corrected chi connectivity index (χ0v) is 15.5. The smallest absolute Gasteiger partial charge is 0.423 e. The standard InChI is InChI=1S/C19H20BClN2O4/c21-18-12-15(23-6-9-26-10-7-23)3-4-16(18)19(24)22-14-2-1-13-5-8-27-20(25)17(13)11-14/h1-4,11-12,25H,5-10H2,(H,22,24). The number of carbonyl (C=O) groups is 1. The first-order valence-corrected chi connectivity index (χ1v) is 9.36. The molecule has 2 aliphatic rings. The van der Waals surface area contributed by atoms with Gasteiger partial charge in [0.15, 0.2) is 0 Å². The lowest BCUT2D eigenvalue weighted by Gasteiger charge is -2.29. The lowest BCUT2D eigenvalue weighted by atomic mass is 9.73. The molecule has 0 aromatic heterocycles. The third-order valence-electron chi connectivity index (χ3n) is 4.89. The lowest BCUT2D eigenvalue weighted by molar-refractivity contribution is 0.102. The maximum absolute atomic E-state index is 12.6. The molecule has 2 heterocycles. The predicted molar refractivity (Wildman–Crippen MR) is 106 cm³/mol. The highest BCUT2D eigenvalue weighted by molar-refractivity contribution is 6.61. The monoisotopic (exact) mass is 386 g/mol. The molecule has 1 amide bonds. The first-order valence-electron chi connectivity index (χ1n) is 8.98. The van der Waals surface area contributed by atoms with Crippen LogP contribution in [0.3, 0.4) is 0 Å². The molecule has 4 rings (SSSR count). The molecular weight excluding hydrogens is 366 g/mol. The van der Waals surface area contributed by atoms with Crippen molar-refractivity contribution in [2.75, 3.05) is 43.1 Å². The molecule has 2 N–H and O–H groups in total. The van der Waals surface area contributed by atoms with E-state index in [4.69, 9.17) is 21.0 Å². The van der Waals surface area contributed by atoms with E-state index < -0.39 is 7.12 Å². The summed E-state index contributed by atoms with van der Waals surface area (Å²) in [6.45, 7) is 3.48. The Kier molecular flexibility index (Phi) is 5.36. The van der Waals surface area contributed by atoms with E-state index in [1.54, 1.807) is 12.1 Å². The van der Waals surface area contributed by atoms with Gasteiger partial charge in [0.2, 0.25) is 0 Å². The Balaban J connectivity index is 1.50. The third-order valence-corrected chi connectivity index (χ3v) is 5.20. The maximum Gasteiger partial charge on any atom is 0.491 e. The maximum atomic E-state index is 12.6. The summed E-state index contributed by atoms with van der Waals surface area (Å²) in [6.07, 6.45) is 0.745. The van der Waals surface area contributed by atoms with Crippen molar-refractivity contribution in [2.45, 2.75) is 6.42 Å². The number of hydrogen-bond donors (Lipinski definition) is 2. The molecule has 0 saturated carbocycles. The van der Waals surface area contributed by atoms with Crippen molar-refractivity contribution in [2.24, 2.45) is 0 Å². The topological polar surface area (TPSA) is 71.0 Å². The Morgan fingerprint density at radius 2 is 1.96 bits per heavy atom. The van der Waals surface area contributed by atoms with Crippen molar-refractivity contribution in [1.29, 1.82) is 0 Å². The summed E-state index contributed by atoms with van der Waals surface area (Å²) < 4.78 is 10.6. The van der Waals surface area contributed by atoms with E-state index in [9.17, 15) is 9.82 Å². The number of amides is 1. The van der Waals surface area contributed by atoms with Crippen molar-refractivity contribution < 1.29 is 19.2 Å². The van der Waals surface area contributed by atoms with E-state index in [-0.39, 0.29) is 5.91 Å². The van der Waals surface area contributed by atoms with Gasteiger partial charge in [-0.15, -0.1) is 0 Å². The second-order valence-electron chi connectivity index (χ2n) is 6.60. The Hall–Kier alpha value is -2.06. The molecule has 2 aromatic carbocycles. The number of nitrogens with one attached hydrogen (secondary N) is 1. The highest BCUT2D eigenvalue weighted by Crippen LogP contribution is 2.25. The second kappa shape index (κ2) is 7.90. The molecule has 0 spiro atoms.